The lowest BCUT2D eigenvalue weighted by Crippen LogP contribution is -2.49. The number of halogens is 1. The zero-order valence-corrected chi connectivity index (χ0v) is 11.4. The molecule has 16 heavy (non-hydrogen) atoms. The number of amides is 1. The van der Waals surface area contributed by atoms with Crippen LogP contribution >= 0.6 is 12.4 Å². The van der Waals surface area contributed by atoms with E-state index in [1.807, 2.05) is 6.92 Å². The van der Waals surface area contributed by atoms with Crippen LogP contribution in [0, 0.1) is 11.3 Å². The lowest BCUT2D eigenvalue weighted by molar-refractivity contribution is -0.126. The van der Waals surface area contributed by atoms with E-state index in [1.54, 1.807) is 0 Å². The second-order valence-corrected chi connectivity index (χ2v) is 5.43. The lowest BCUT2D eigenvalue weighted by atomic mass is 9.73. The molecular formula is C12H25ClN2O. The Labute approximate surface area is 105 Å². The fourth-order valence-corrected chi connectivity index (χ4v) is 2.18. The number of nitrogens with one attached hydrogen (secondary N) is 1. The molecule has 4 heteroatoms. The average molecular weight is 249 g/mol. The van der Waals surface area contributed by atoms with E-state index in [0.29, 0.717) is 12.6 Å². The van der Waals surface area contributed by atoms with Gasteiger partial charge < -0.3 is 11.1 Å². The van der Waals surface area contributed by atoms with Crippen molar-refractivity contribution >= 4 is 18.3 Å². The van der Waals surface area contributed by atoms with Gasteiger partial charge in [-0.2, -0.15) is 0 Å². The van der Waals surface area contributed by atoms with Crippen molar-refractivity contribution in [3.05, 3.63) is 0 Å². The van der Waals surface area contributed by atoms with E-state index in [0.717, 1.165) is 6.42 Å². The second-order valence-electron chi connectivity index (χ2n) is 5.43. The average Bonchev–Trinajstić information content (AvgIpc) is 2.19. The van der Waals surface area contributed by atoms with Gasteiger partial charge in [-0.25, -0.2) is 0 Å². The smallest absolute Gasteiger partial charge is 0.224 e. The molecule has 0 aliphatic heterocycles. The zero-order valence-electron chi connectivity index (χ0n) is 10.6. The van der Waals surface area contributed by atoms with Gasteiger partial charge in [-0.3, -0.25) is 4.79 Å². The highest BCUT2D eigenvalue weighted by atomic mass is 35.5. The predicted octanol–water partition coefficient (Wildman–Crippen LogP) is 2.09. The first-order chi connectivity index (χ1) is 6.97. The SMILES string of the molecule is CC(CN)C(=O)NC1CCCCC1(C)C.Cl. The monoisotopic (exact) mass is 248 g/mol. The molecule has 0 heterocycles. The third-order valence-electron chi connectivity index (χ3n) is 3.62. The Bertz CT molecular complexity index is 231. The van der Waals surface area contributed by atoms with Crippen LogP contribution < -0.4 is 11.1 Å². The molecule has 3 nitrogen and oxygen atoms in total. The van der Waals surface area contributed by atoms with Gasteiger partial charge in [-0.05, 0) is 18.3 Å². The molecule has 0 aromatic rings. The van der Waals surface area contributed by atoms with Crippen molar-refractivity contribution in [3.8, 4) is 0 Å². The van der Waals surface area contributed by atoms with E-state index >= 15 is 0 Å². The van der Waals surface area contributed by atoms with Gasteiger partial charge in [0.05, 0.1) is 0 Å². The summed E-state index contributed by atoms with van der Waals surface area (Å²) in [5, 5.41) is 3.14. The summed E-state index contributed by atoms with van der Waals surface area (Å²) in [7, 11) is 0. The van der Waals surface area contributed by atoms with E-state index in [4.69, 9.17) is 5.73 Å². The van der Waals surface area contributed by atoms with Crippen LogP contribution in [0.2, 0.25) is 0 Å². The number of carbonyl (C=O) groups is 1. The van der Waals surface area contributed by atoms with Crippen molar-refractivity contribution in [1.82, 2.24) is 5.32 Å². The quantitative estimate of drug-likeness (QED) is 0.804. The first kappa shape index (κ1) is 15.7. The summed E-state index contributed by atoms with van der Waals surface area (Å²) in [6, 6.07) is 0.327. The third-order valence-corrected chi connectivity index (χ3v) is 3.62. The summed E-state index contributed by atoms with van der Waals surface area (Å²) in [4.78, 5) is 11.7. The minimum atomic E-state index is -0.0669. The Morgan fingerprint density at radius 3 is 2.62 bits per heavy atom. The molecule has 0 aromatic heterocycles. The minimum absolute atomic E-state index is 0. The molecule has 0 spiro atoms. The van der Waals surface area contributed by atoms with Gasteiger partial charge in [-0.1, -0.05) is 33.6 Å². The topological polar surface area (TPSA) is 55.1 Å². The molecule has 0 aromatic carbocycles. The van der Waals surface area contributed by atoms with Crippen molar-refractivity contribution in [2.45, 2.75) is 52.5 Å². The number of hydrogen-bond donors (Lipinski definition) is 2. The minimum Gasteiger partial charge on any atom is -0.353 e. The Morgan fingerprint density at radius 2 is 2.12 bits per heavy atom. The highest BCUT2D eigenvalue weighted by molar-refractivity contribution is 5.85. The summed E-state index contributed by atoms with van der Waals surface area (Å²) in [6.45, 7) is 6.79. The normalized spacial score (nSPS) is 25.4. The van der Waals surface area contributed by atoms with Gasteiger partial charge in [0.2, 0.25) is 5.91 Å². The Morgan fingerprint density at radius 1 is 1.50 bits per heavy atom. The van der Waals surface area contributed by atoms with E-state index in [1.165, 1.54) is 19.3 Å². The van der Waals surface area contributed by atoms with Gasteiger partial charge in [0, 0.05) is 18.5 Å². The molecule has 1 aliphatic rings. The molecule has 0 radical (unpaired) electrons. The first-order valence-corrected chi connectivity index (χ1v) is 5.98. The van der Waals surface area contributed by atoms with Crippen molar-refractivity contribution < 1.29 is 4.79 Å². The fraction of sp³-hybridized carbons (Fsp3) is 0.917. The van der Waals surface area contributed by atoms with Crippen molar-refractivity contribution in [1.29, 1.82) is 0 Å². The van der Waals surface area contributed by atoms with Crippen molar-refractivity contribution in [2.24, 2.45) is 17.1 Å². The van der Waals surface area contributed by atoms with Gasteiger partial charge in [0.15, 0.2) is 0 Å². The zero-order chi connectivity index (χ0) is 11.5. The van der Waals surface area contributed by atoms with Crippen LogP contribution in [0.3, 0.4) is 0 Å². The second kappa shape index (κ2) is 6.45. The van der Waals surface area contributed by atoms with E-state index in [9.17, 15) is 4.79 Å². The summed E-state index contributed by atoms with van der Waals surface area (Å²) < 4.78 is 0. The molecule has 1 rings (SSSR count). The highest BCUT2D eigenvalue weighted by Crippen LogP contribution is 2.35. The molecule has 3 N–H and O–H groups in total. The summed E-state index contributed by atoms with van der Waals surface area (Å²) in [5.41, 5.74) is 5.72. The molecule has 2 atom stereocenters. The maximum atomic E-state index is 11.7. The summed E-state index contributed by atoms with van der Waals surface area (Å²) in [5.74, 6) is 0.0419. The highest BCUT2D eigenvalue weighted by Gasteiger charge is 2.33. The van der Waals surface area contributed by atoms with E-state index in [-0.39, 0.29) is 29.6 Å². The Hall–Kier alpha value is -0.280. The molecule has 0 saturated heterocycles. The van der Waals surface area contributed by atoms with E-state index in [2.05, 4.69) is 19.2 Å². The van der Waals surface area contributed by atoms with Crippen LogP contribution in [-0.4, -0.2) is 18.5 Å². The van der Waals surface area contributed by atoms with Crippen LogP contribution in [0.5, 0.6) is 0 Å². The maximum absolute atomic E-state index is 11.7. The van der Waals surface area contributed by atoms with Crippen molar-refractivity contribution in [2.75, 3.05) is 6.54 Å². The van der Waals surface area contributed by atoms with Crippen molar-refractivity contribution in [3.63, 3.8) is 0 Å². The standard InChI is InChI=1S/C12H24N2O.ClH/c1-9(8-13)11(15)14-10-6-4-5-7-12(10,2)3;/h9-10H,4-8,13H2,1-3H3,(H,14,15);1H. The maximum Gasteiger partial charge on any atom is 0.224 e. The molecule has 0 bridgehead atoms. The molecular weight excluding hydrogens is 224 g/mol. The van der Waals surface area contributed by atoms with Crippen LogP contribution in [0.1, 0.15) is 46.5 Å². The van der Waals surface area contributed by atoms with Gasteiger partial charge in [0.25, 0.3) is 0 Å². The first-order valence-electron chi connectivity index (χ1n) is 5.98. The molecule has 2 unspecified atom stereocenters. The number of hydrogen-bond acceptors (Lipinski definition) is 2. The van der Waals surface area contributed by atoms with Crippen LogP contribution in [-0.2, 0) is 4.79 Å². The number of nitrogens with two attached hydrogens (primary N) is 1. The molecule has 96 valence electrons. The molecule has 1 aliphatic carbocycles. The summed E-state index contributed by atoms with van der Waals surface area (Å²) >= 11 is 0. The summed E-state index contributed by atoms with van der Waals surface area (Å²) in [6.07, 6.45) is 4.82. The van der Waals surface area contributed by atoms with Gasteiger partial charge >= 0.3 is 0 Å². The number of carbonyl (C=O) groups excluding carboxylic acids is 1. The van der Waals surface area contributed by atoms with Crippen LogP contribution in [0.25, 0.3) is 0 Å². The van der Waals surface area contributed by atoms with Gasteiger partial charge in [0.1, 0.15) is 0 Å². The Kier molecular flexibility index (Phi) is 6.34. The Balaban J connectivity index is 0.00000225. The van der Waals surface area contributed by atoms with E-state index < -0.39 is 0 Å². The lowest BCUT2D eigenvalue weighted by Gasteiger charge is -2.39. The molecule has 1 fully saturated rings. The fourth-order valence-electron chi connectivity index (χ4n) is 2.18. The van der Waals surface area contributed by atoms with Crippen LogP contribution in [0.4, 0.5) is 0 Å². The predicted molar refractivity (Wildman–Crippen MR) is 69.6 cm³/mol. The number of rotatable bonds is 3. The molecule has 1 saturated carbocycles. The van der Waals surface area contributed by atoms with Crippen LogP contribution in [0.15, 0.2) is 0 Å². The largest absolute Gasteiger partial charge is 0.353 e. The van der Waals surface area contributed by atoms with Gasteiger partial charge in [-0.15, -0.1) is 12.4 Å². The molecule has 1 amide bonds. The third kappa shape index (κ3) is 3.95.